The average molecular weight is 231 g/mol. The van der Waals surface area contributed by atoms with Crippen LogP contribution in [0, 0.1) is 6.92 Å². The lowest BCUT2D eigenvalue weighted by Gasteiger charge is -2.07. The van der Waals surface area contributed by atoms with Gasteiger partial charge in [0.2, 0.25) is 0 Å². The molecule has 0 amide bonds. The van der Waals surface area contributed by atoms with E-state index in [1.165, 1.54) is 22.5 Å². The Morgan fingerprint density at radius 1 is 1.50 bits per heavy atom. The molecular formula is C13H13NOS. The minimum Gasteiger partial charge on any atom is -0.303 e. The molecule has 1 aromatic heterocycles. The van der Waals surface area contributed by atoms with Gasteiger partial charge in [-0.25, -0.2) is 4.98 Å². The molecule has 0 fully saturated rings. The monoisotopic (exact) mass is 231 g/mol. The van der Waals surface area contributed by atoms with Gasteiger partial charge in [0.05, 0.1) is 5.92 Å². The van der Waals surface area contributed by atoms with E-state index in [-0.39, 0.29) is 5.92 Å². The molecule has 2 aromatic rings. The fraction of sp³-hybridized carbons (Fsp3) is 0.231. The van der Waals surface area contributed by atoms with Gasteiger partial charge < -0.3 is 4.79 Å². The lowest BCUT2D eigenvalue weighted by atomic mass is 10.00. The fourth-order valence-corrected chi connectivity index (χ4v) is 2.40. The first kappa shape index (κ1) is 11.0. The maximum Gasteiger partial charge on any atom is 0.130 e. The molecule has 16 heavy (non-hydrogen) atoms. The third-order valence-corrected chi connectivity index (χ3v) is 3.38. The molecule has 2 nitrogen and oxygen atoms in total. The minimum atomic E-state index is -0.109. The quantitative estimate of drug-likeness (QED) is 0.757. The number of carbonyl (C=O) groups excluding carboxylic acids is 1. The maximum absolute atomic E-state index is 11.1. The van der Waals surface area contributed by atoms with Crippen LogP contribution in [-0.4, -0.2) is 11.3 Å². The number of hydrogen-bond acceptors (Lipinski definition) is 3. The second kappa shape index (κ2) is 5.03. The summed E-state index contributed by atoms with van der Waals surface area (Å²) in [5.74, 6) is -0.109. The highest BCUT2D eigenvalue weighted by Gasteiger charge is 2.13. The van der Waals surface area contributed by atoms with Crippen LogP contribution in [0.1, 0.15) is 22.1 Å². The van der Waals surface area contributed by atoms with Crippen LogP contribution in [0.3, 0.4) is 0 Å². The van der Waals surface area contributed by atoms with Gasteiger partial charge in [-0.15, -0.1) is 11.3 Å². The van der Waals surface area contributed by atoms with Crippen LogP contribution in [0.25, 0.3) is 0 Å². The predicted octanol–water partition coefficient (Wildman–Crippen LogP) is 2.98. The van der Waals surface area contributed by atoms with Crippen LogP contribution in [0.4, 0.5) is 0 Å². The summed E-state index contributed by atoms with van der Waals surface area (Å²) in [6.07, 6.45) is 3.46. The van der Waals surface area contributed by atoms with E-state index in [4.69, 9.17) is 0 Å². The number of nitrogens with zero attached hydrogens (tertiary/aromatic N) is 1. The van der Waals surface area contributed by atoms with E-state index < -0.39 is 0 Å². The van der Waals surface area contributed by atoms with Crippen molar-refractivity contribution in [3.8, 4) is 0 Å². The van der Waals surface area contributed by atoms with Crippen molar-refractivity contribution in [2.75, 3.05) is 0 Å². The topological polar surface area (TPSA) is 30.0 Å². The summed E-state index contributed by atoms with van der Waals surface area (Å²) < 4.78 is 0. The Labute approximate surface area is 99.0 Å². The average Bonchev–Trinajstić information content (AvgIpc) is 2.79. The lowest BCUT2D eigenvalue weighted by molar-refractivity contribution is -0.109. The van der Waals surface area contributed by atoms with Gasteiger partial charge >= 0.3 is 0 Å². The first-order valence-corrected chi connectivity index (χ1v) is 6.08. The highest BCUT2D eigenvalue weighted by atomic mass is 32.1. The number of aromatic nitrogens is 1. The van der Waals surface area contributed by atoms with Crippen LogP contribution in [0.2, 0.25) is 0 Å². The van der Waals surface area contributed by atoms with E-state index in [2.05, 4.69) is 30.1 Å². The van der Waals surface area contributed by atoms with E-state index in [9.17, 15) is 4.79 Å². The van der Waals surface area contributed by atoms with Crippen molar-refractivity contribution >= 4 is 17.6 Å². The number of aryl methyl sites for hydroxylation is 1. The number of benzene rings is 1. The molecule has 0 radical (unpaired) electrons. The van der Waals surface area contributed by atoms with Crippen LogP contribution in [0.5, 0.6) is 0 Å². The Hall–Kier alpha value is -1.48. The first-order chi connectivity index (χ1) is 7.79. The molecule has 2 rings (SSSR count). The summed E-state index contributed by atoms with van der Waals surface area (Å²) in [6, 6.07) is 8.25. The molecule has 0 aliphatic rings. The normalized spacial score (nSPS) is 12.3. The molecule has 3 heteroatoms. The zero-order valence-electron chi connectivity index (χ0n) is 9.09. The fourth-order valence-electron chi connectivity index (χ4n) is 1.70. The van der Waals surface area contributed by atoms with Crippen molar-refractivity contribution in [1.29, 1.82) is 0 Å². The molecule has 1 unspecified atom stereocenters. The highest BCUT2D eigenvalue weighted by Crippen LogP contribution is 2.21. The second-order valence-corrected chi connectivity index (χ2v) is 4.73. The van der Waals surface area contributed by atoms with Crippen molar-refractivity contribution in [1.82, 2.24) is 4.98 Å². The molecule has 0 aliphatic heterocycles. The summed E-state index contributed by atoms with van der Waals surface area (Å²) in [6.45, 7) is 2.06. The van der Waals surface area contributed by atoms with Gasteiger partial charge in [-0.05, 0) is 18.9 Å². The van der Waals surface area contributed by atoms with Gasteiger partial charge in [-0.2, -0.15) is 0 Å². The van der Waals surface area contributed by atoms with E-state index in [0.29, 0.717) is 0 Å². The number of carbonyl (C=O) groups is 1. The van der Waals surface area contributed by atoms with Gasteiger partial charge in [0.1, 0.15) is 11.3 Å². The lowest BCUT2D eigenvalue weighted by Crippen LogP contribution is -2.04. The third-order valence-electron chi connectivity index (χ3n) is 2.47. The number of aldehydes is 1. The van der Waals surface area contributed by atoms with Crippen LogP contribution < -0.4 is 0 Å². The minimum absolute atomic E-state index is 0.109. The molecule has 1 aromatic carbocycles. The van der Waals surface area contributed by atoms with E-state index in [0.717, 1.165) is 17.7 Å². The molecule has 0 N–H and O–H groups in total. The summed E-state index contributed by atoms with van der Waals surface area (Å²) in [5.41, 5.74) is 2.41. The highest BCUT2D eigenvalue weighted by molar-refractivity contribution is 7.09. The number of hydrogen-bond donors (Lipinski definition) is 0. The van der Waals surface area contributed by atoms with Gasteiger partial charge in [0.15, 0.2) is 0 Å². The van der Waals surface area contributed by atoms with Crippen molar-refractivity contribution in [3.05, 3.63) is 52.0 Å². The Kier molecular flexibility index (Phi) is 3.47. The molecule has 0 aliphatic carbocycles. The number of thiazole rings is 1. The smallest absolute Gasteiger partial charge is 0.130 e. The van der Waals surface area contributed by atoms with Crippen molar-refractivity contribution in [2.24, 2.45) is 0 Å². The Morgan fingerprint density at radius 2 is 2.38 bits per heavy atom. The summed E-state index contributed by atoms with van der Waals surface area (Å²) in [7, 11) is 0. The largest absolute Gasteiger partial charge is 0.303 e. The molecular weight excluding hydrogens is 218 g/mol. The summed E-state index contributed by atoms with van der Waals surface area (Å²) in [5, 5.41) is 2.80. The Bertz CT molecular complexity index is 465. The third kappa shape index (κ3) is 2.55. The molecule has 0 bridgehead atoms. The van der Waals surface area contributed by atoms with Gasteiger partial charge in [0, 0.05) is 11.6 Å². The zero-order chi connectivity index (χ0) is 11.4. The SMILES string of the molecule is Cc1cccc(CC(C=O)c2nccs2)c1. The standard InChI is InChI=1S/C13H13NOS/c1-10-3-2-4-11(7-10)8-12(9-15)13-14-5-6-16-13/h2-7,9,12H,8H2,1H3. The zero-order valence-corrected chi connectivity index (χ0v) is 9.91. The first-order valence-electron chi connectivity index (χ1n) is 5.20. The molecule has 1 heterocycles. The summed E-state index contributed by atoms with van der Waals surface area (Å²) in [4.78, 5) is 15.3. The molecule has 82 valence electrons. The van der Waals surface area contributed by atoms with Crippen molar-refractivity contribution < 1.29 is 4.79 Å². The van der Waals surface area contributed by atoms with E-state index >= 15 is 0 Å². The Morgan fingerprint density at radius 3 is 3.00 bits per heavy atom. The van der Waals surface area contributed by atoms with Gasteiger partial charge in [-0.3, -0.25) is 0 Å². The Balaban J connectivity index is 2.16. The predicted molar refractivity (Wildman–Crippen MR) is 65.8 cm³/mol. The maximum atomic E-state index is 11.1. The van der Waals surface area contributed by atoms with E-state index in [1.807, 2.05) is 11.4 Å². The molecule has 0 saturated carbocycles. The molecule has 0 spiro atoms. The second-order valence-electron chi connectivity index (χ2n) is 3.81. The summed E-state index contributed by atoms with van der Waals surface area (Å²) >= 11 is 1.54. The van der Waals surface area contributed by atoms with Crippen LogP contribution in [0.15, 0.2) is 35.8 Å². The van der Waals surface area contributed by atoms with Crippen LogP contribution >= 0.6 is 11.3 Å². The van der Waals surface area contributed by atoms with Gasteiger partial charge in [-0.1, -0.05) is 29.8 Å². The van der Waals surface area contributed by atoms with Crippen molar-refractivity contribution in [2.45, 2.75) is 19.3 Å². The molecule has 0 saturated heterocycles. The van der Waals surface area contributed by atoms with Crippen LogP contribution in [-0.2, 0) is 11.2 Å². The van der Waals surface area contributed by atoms with E-state index in [1.54, 1.807) is 6.20 Å². The van der Waals surface area contributed by atoms with Crippen molar-refractivity contribution in [3.63, 3.8) is 0 Å². The van der Waals surface area contributed by atoms with Gasteiger partial charge in [0.25, 0.3) is 0 Å². The molecule has 1 atom stereocenters. The number of rotatable bonds is 4.